The molecule has 1 N–H and O–H groups in total. The Labute approximate surface area is 130 Å². The Hall–Kier alpha value is -1.85. The van der Waals surface area contributed by atoms with Gasteiger partial charge < -0.3 is 9.80 Å². The number of likely N-dealkylation sites (tertiary alicyclic amines) is 2. The second kappa shape index (κ2) is 5.11. The summed E-state index contributed by atoms with van der Waals surface area (Å²) in [6.45, 7) is 11.0. The number of carbonyl (C=O) groups excluding carboxylic acids is 2. The van der Waals surface area contributed by atoms with Crippen molar-refractivity contribution in [2.24, 2.45) is 11.3 Å². The third-order valence-corrected chi connectivity index (χ3v) is 4.64. The lowest BCUT2D eigenvalue weighted by atomic mass is 9.72. The SMILES string of the molecule is CC(C)C(=O)N1CC2(CN(C(=O)c3cc(C(C)C)[nH]n3)C2)C1. The van der Waals surface area contributed by atoms with Crippen LogP contribution in [0.5, 0.6) is 0 Å². The molecule has 2 aliphatic heterocycles. The van der Waals surface area contributed by atoms with Crippen molar-refractivity contribution in [1.82, 2.24) is 20.0 Å². The van der Waals surface area contributed by atoms with Crippen molar-refractivity contribution in [2.75, 3.05) is 26.2 Å². The van der Waals surface area contributed by atoms with Crippen LogP contribution >= 0.6 is 0 Å². The van der Waals surface area contributed by atoms with Gasteiger partial charge in [0.2, 0.25) is 5.91 Å². The number of rotatable bonds is 3. The minimum absolute atomic E-state index is 0.0117. The normalized spacial score (nSPS) is 19.5. The number of hydrogen-bond donors (Lipinski definition) is 1. The maximum atomic E-state index is 12.4. The number of aromatic amines is 1. The Morgan fingerprint density at radius 1 is 1.14 bits per heavy atom. The Morgan fingerprint density at radius 2 is 1.73 bits per heavy atom. The summed E-state index contributed by atoms with van der Waals surface area (Å²) in [5, 5.41) is 7.04. The fourth-order valence-electron chi connectivity index (χ4n) is 3.30. The summed E-state index contributed by atoms with van der Waals surface area (Å²) < 4.78 is 0. The molecule has 0 aromatic carbocycles. The second-order valence-electron chi connectivity index (χ2n) is 7.37. The quantitative estimate of drug-likeness (QED) is 0.919. The minimum Gasteiger partial charge on any atom is -0.341 e. The van der Waals surface area contributed by atoms with E-state index in [0.717, 1.165) is 31.9 Å². The van der Waals surface area contributed by atoms with Crippen molar-refractivity contribution >= 4 is 11.8 Å². The lowest BCUT2D eigenvalue weighted by Gasteiger charge is -2.60. The number of carbonyl (C=O) groups is 2. The maximum absolute atomic E-state index is 12.4. The summed E-state index contributed by atoms with van der Waals surface area (Å²) in [6.07, 6.45) is 0. The fraction of sp³-hybridized carbons (Fsp3) is 0.688. The monoisotopic (exact) mass is 304 g/mol. The van der Waals surface area contributed by atoms with Crippen molar-refractivity contribution in [3.8, 4) is 0 Å². The molecule has 6 nitrogen and oxygen atoms in total. The van der Waals surface area contributed by atoms with Crippen LogP contribution in [-0.2, 0) is 4.79 Å². The zero-order valence-corrected chi connectivity index (χ0v) is 13.7. The first kappa shape index (κ1) is 15.1. The van der Waals surface area contributed by atoms with Crippen LogP contribution in [0.25, 0.3) is 0 Å². The van der Waals surface area contributed by atoms with E-state index in [-0.39, 0.29) is 23.1 Å². The molecular weight excluding hydrogens is 280 g/mol. The van der Waals surface area contributed by atoms with Crippen LogP contribution in [0, 0.1) is 11.3 Å². The molecule has 3 heterocycles. The first-order chi connectivity index (χ1) is 10.3. The van der Waals surface area contributed by atoms with Crippen LogP contribution in [0.1, 0.15) is 49.8 Å². The summed E-state index contributed by atoms with van der Waals surface area (Å²) in [7, 11) is 0. The van der Waals surface area contributed by atoms with Crippen LogP contribution in [0.2, 0.25) is 0 Å². The largest absolute Gasteiger partial charge is 0.341 e. The van der Waals surface area contributed by atoms with E-state index in [2.05, 4.69) is 24.0 Å². The first-order valence-electron chi connectivity index (χ1n) is 7.95. The van der Waals surface area contributed by atoms with E-state index < -0.39 is 0 Å². The predicted octanol–water partition coefficient (Wildman–Crippen LogP) is 1.47. The highest BCUT2D eigenvalue weighted by atomic mass is 16.2. The first-order valence-corrected chi connectivity index (χ1v) is 7.95. The Kier molecular flexibility index (Phi) is 3.50. The molecule has 6 heteroatoms. The smallest absolute Gasteiger partial charge is 0.274 e. The molecule has 0 saturated carbocycles. The van der Waals surface area contributed by atoms with E-state index in [1.54, 1.807) is 0 Å². The number of nitrogens with zero attached hydrogens (tertiary/aromatic N) is 3. The maximum Gasteiger partial charge on any atom is 0.274 e. The zero-order chi connectivity index (χ0) is 16.1. The average Bonchev–Trinajstić information content (AvgIpc) is 2.84. The lowest BCUT2D eigenvalue weighted by molar-refractivity contribution is -0.157. The second-order valence-corrected chi connectivity index (χ2v) is 7.37. The molecule has 2 amide bonds. The number of H-pyrrole nitrogens is 1. The number of amides is 2. The van der Waals surface area contributed by atoms with Crippen LogP contribution in [0.4, 0.5) is 0 Å². The molecule has 120 valence electrons. The molecule has 0 bridgehead atoms. The van der Waals surface area contributed by atoms with Crippen LogP contribution in [0.3, 0.4) is 0 Å². The van der Waals surface area contributed by atoms with Crippen LogP contribution in [-0.4, -0.2) is 58.0 Å². The summed E-state index contributed by atoms with van der Waals surface area (Å²) in [5.41, 5.74) is 1.61. The number of aromatic nitrogens is 2. The molecular formula is C16H24N4O2. The van der Waals surface area contributed by atoms with E-state index >= 15 is 0 Å². The lowest BCUT2D eigenvalue weighted by Crippen LogP contribution is -2.74. The molecule has 1 spiro atoms. The van der Waals surface area contributed by atoms with Crippen molar-refractivity contribution < 1.29 is 9.59 Å². The minimum atomic E-state index is -0.0117. The summed E-state index contributed by atoms with van der Waals surface area (Å²) in [6, 6.07) is 1.84. The topological polar surface area (TPSA) is 69.3 Å². The van der Waals surface area contributed by atoms with E-state index in [1.165, 1.54) is 0 Å². The molecule has 2 fully saturated rings. The average molecular weight is 304 g/mol. The van der Waals surface area contributed by atoms with Crippen molar-refractivity contribution in [3.63, 3.8) is 0 Å². The summed E-state index contributed by atoms with van der Waals surface area (Å²) >= 11 is 0. The third-order valence-electron chi connectivity index (χ3n) is 4.64. The number of nitrogens with one attached hydrogen (secondary N) is 1. The summed E-state index contributed by atoms with van der Waals surface area (Å²) in [4.78, 5) is 28.0. The standard InChI is InChI=1S/C16H24N4O2/c1-10(2)12-5-13(18-17-12)15(22)20-8-16(9-20)6-19(7-16)14(21)11(3)4/h5,10-11H,6-9H2,1-4H3,(H,17,18). The van der Waals surface area contributed by atoms with Crippen molar-refractivity contribution in [3.05, 3.63) is 17.5 Å². The molecule has 1 aromatic heterocycles. The van der Waals surface area contributed by atoms with Gasteiger partial charge in [0, 0.05) is 43.2 Å². The summed E-state index contributed by atoms with van der Waals surface area (Å²) in [5.74, 6) is 0.583. The van der Waals surface area contributed by atoms with Gasteiger partial charge in [0.15, 0.2) is 0 Å². The molecule has 3 rings (SSSR count). The van der Waals surface area contributed by atoms with Gasteiger partial charge in [-0.15, -0.1) is 0 Å². The van der Waals surface area contributed by atoms with Gasteiger partial charge in [-0.05, 0) is 12.0 Å². The van der Waals surface area contributed by atoms with Crippen LogP contribution < -0.4 is 0 Å². The Bertz CT molecular complexity index is 591. The molecule has 22 heavy (non-hydrogen) atoms. The van der Waals surface area contributed by atoms with Gasteiger partial charge in [0.25, 0.3) is 5.91 Å². The molecule has 2 aliphatic rings. The molecule has 0 radical (unpaired) electrons. The van der Waals surface area contributed by atoms with E-state index in [9.17, 15) is 9.59 Å². The molecule has 2 saturated heterocycles. The van der Waals surface area contributed by atoms with Gasteiger partial charge in [-0.2, -0.15) is 5.10 Å². The van der Waals surface area contributed by atoms with Gasteiger partial charge in [-0.25, -0.2) is 0 Å². The zero-order valence-electron chi connectivity index (χ0n) is 13.7. The molecule has 0 aliphatic carbocycles. The Morgan fingerprint density at radius 3 is 2.23 bits per heavy atom. The van der Waals surface area contributed by atoms with E-state index in [4.69, 9.17) is 0 Å². The fourth-order valence-corrected chi connectivity index (χ4v) is 3.30. The van der Waals surface area contributed by atoms with E-state index in [0.29, 0.717) is 11.6 Å². The molecule has 1 aromatic rings. The van der Waals surface area contributed by atoms with Crippen LogP contribution in [0.15, 0.2) is 6.07 Å². The van der Waals surface area contributed by atoms with Crippen molar-refractivity contribution in [1.29, 1.82) is 0 Å². The van der Waals surface area contributed by atoms with Gasteiger partial charge in [-0.3, -0.25) is 14.7 Å². The van der Waals surface area contributed by atoms with Gasteiger partial charge in [0.1, 0.15) is 5.69 Å². The van der Waals surface area contributed by atoms with Crippen molar-refractivity contribution in [2.45, 2.75) is 33.6 Å². The van der Waals surface area contributed by atoms with Gasteiger partial charge in [-0.1, -0.05) is 27.7 Å². The Balaban J connectivity index is 1.53. The predicted molar refractivity (Wildman–Crippen MR) is 82.4 cm³/mol. The highest BCUT2D eigenvalue weighted by Gasteiger charge is 2.54. The van der Waals surface area contributed by atoms with E-state index in [1.807, 2.05) is 29.7 Å². The highest BCUT2D eigenvalue weighted by Crippen LogP contribution is 2.40. The molecule has 0 unspecified atom stereocenters. The van der Waals surface area contributed by atoms with Gasteiger partial charge >= 0.3 is 0 Å². The third kappa shape index (κ3) is 2.40. The molecule has 0 atom stereocenters. The van der Waals surface area contributed by atoms with Gasteiger partial charge in [0.05, 0.1) is 0 Å². The highest BCUT2D eigenvalue weighted by molar-refractivity contribution is 5.93. The number of hydrogen-bond acceptors (Lipinski definition) is 3.